The van der Waals surface area contributed by atoms with Gasteiger partial charge in [-0.2, -0.15) is 0 Å². The van der Waals surface area contributed by atoms with Gasteiger partial charge in [-0.3, -0.25) is 4.79 Å². The van der Waals surface area contributed by atoms with Crippen molar-refractivity contribution in [3.8, 4) is 0 Å². The maximum atomic E-state index is 12.9. The highest BCUT2D eigenvalue weighted by molar-refractivity contribution is 5.70. The van der Waals surface area contributed by atoms with E-state index in [1.807, 2.05) is 41.5 Å². The summed E-state index contributed by atoms with van der Waals surface area (Å²) in [6.07, 6.45) is 7.03. The van der Waals surface area contributed by atoms with Crippen molar-refractivity contribution in [3.63, 3.8) is 0 Å². The summed E-state index contributed by atoms with van der Waals surface area (Å²) in [6.45, 7) is 11.2. The SMILES string of the molecule is CC(C)(C)OC(=O)CC1C2CC(C1OC(=O)OC(C)(C)C)C1C3OC(C4C5C=CC(C5)C34)C21. The van der Waals surface area contributed by atoms with E-state index in [-0.39, 0.29) is 36.4 Å². The number of esters is 1. The molecule has 6 nitrogen and oxygen atoms in total. The fraction of sp³-hybridized carbons (Fsp3) is 0.852. The van der Waals surface area contributed by atoms with Crippen LogP contribution in [-0.2, 0) is 23.7 Å². The van der Waals surface area contributed by atoms with Crippen LogP contribution in [0.4, 0.5) is 4.79 Å². The lowest BCUT2D eigenvalue weighted by atomic mass is 9.58. The van der Waals surface area contributed by atoms with Crippen LogP contribution in [0.1, 0.15) is 60.8 Å². The Hall–Kier alpha value is -1.56. The minimum absolute atomic E-state index is 0.0332. The van der Waals surface area contributed by atoms with Gasteiger partial charge in [-0.05, 0) is 95.8 Å². The molecular weight excluding hydrogens is 420 g/mol. The number of carbonyl (C=O) groups excluding carboxylic acids is 2. The molecule has 0 amide bonds. The summed E-state index contributed by atoms with van der Waals surface area (Å²) in [5.74, 6) is 3.80. The molecule has 2 saturated heterocycles. The molecule has 0 aromatic heterocycles. The van der Waals surface area contributed by atoms with Crippen molar-refractivity contribution in [2.24, 2.45) is 53.3 Å². The third-order valence-electron chi connectivity index (χ3n) is 9.23. The quantitative estimate of drug-likeness (QED) is 0.449. The molecule has 0 aromatic rings. The minimum atomic E-state index is -0.629. The average Bonchev–Trinajstić information content (AvgIpc) is 3.46. The zero-order valence-electron chi connectivity index (χ0n) is 20.7. The molecular formula is C27H38O6. The van der Waals surface area contributed by atoms with Gasteiger partial charge in [0.15, 0.2) is 0 Å². The van der Waals surface area contributed by atoms with Crippen molar-refractivity contribution in [1.29, 1.82) is 0 Å². The molecule has 12 unspecified atom stereocenters. The predicted octanol–water partition coefficient (Wildman–Crippen LogP) is 4.76. The van der Waals surface area contributed by atoms with Gasteiger partial charge in [0.1, 0.15) is 17.3 Å². The van der Waals surface area contributed by atoms with E-state index in [2.05, 4.69) is 12.2 Å². The summed E-state index contributed by atoms with van der Waals surface area (Å²) in [4.78, 5) is 25.5. The molecule has 4 aliphatic carbocycles. The van der Waals surface area contributed by atoms with Crippen molar-refractivity contribution in [3.05, 3.63) is 12.2 Å². The first-order valence-corrected chi connectivity index (χ1v) is 12.9. The Morgan fingerprint density at radius 2 is 1.39 bits per heavy atom. The fourth-order valence-electron chi connectivity index (χ4n) is 8.78. The molecule has 0 aromatic carbocycles. The van der Waals surface area contributed by atoms with Crippen LogP contribution in [0.3, 0.4) is 0 Å². The zero-order chi connectivity index (χ0) is 23.4. The molecule has 6 bridgehead atoms. The first-order chi connectivity index (χ1) is 15.4. The highest BCUT2D eigenvalue weighted by Gasteiger charge is 2.74. The topological polar surface area (TPSA) is 71.1 Å². The van der Waals surface area contributed by atoms with Gasteiger partial charge < -0.3 is 18.9 Å². The Morgan fingerprint density at radius 3 is 1.97 bits per heavy atom. The molecule has 6 aliphatic rings. The summed E-state index contributed by atoms with van der Waals surface area (Å²) in [5.41, 5.74) is -1.15. The van der Waals surface area contributed by atoms with Gasteiger partial charge in [-0.15, -0.1) is 0 Å². The van der Waals surface area contributed by atoms with E-state index in [0.717, 1.165) is 6.42 Å². The minimum Gasteiger partial charge on any atom is -0.460 e. The van der Waals surface area contributed by atoms with Gasteiger partial charge in [0.2, 0.25) is 0 Å². The summed E-state index contributed by atoms with van der Waals surface area (Å²) < 4.78 is 23.9. The largest absolute Gasteiger partial charge is 0.509 e. The second-order valence-electron chi connectivity index (χ2n) is 13.4. The Kier molecular flexibility index (Phi) is 4.65. The third-order valence-corrected chi connectivity index (χ3v) is 9.23. The number of ether oxygens (including phenoxy) is 4. The number of hydrogen-bond acceptors (Lipinski definition) is 6. The lowest BCUT2D eigenvalue weighted by Gasteiger charge is -2.45. The molecule has 12 atom stereocenters. The maximum Gasteiger partial charge on any atom is 0.509 e. The second-order valence-corrected chi connectivity index (χ2v) is 13.4. The number of carbonyl (C=O) groups is 2. The molecule has 0 N–H and O–H groups in total. The van der Waals surface area contributed by atoms with E-state index in [0.29, 0.717) is 47.5 Å². The number of rotatable bonds is 3. The van der Waals surface area contributed by atoms with Crippen molar-refractivity contribution in [2.75, 3.05) is 0 Å². The highest BCUT2D eigenvalue weighted by atomic mass is 16.7. The number of hydrogen-bond donors (Lipinski definition) is 0. The van der Waals surface area contributed by atoms with Crippen LogP contribution in [0.2, 0.25) is 0 Å². The van der Waals surface area contributed by atoms with Gasteiger partial charge in [0, 0.05) is 11.8 Å². The average molecular weight is 459 g/mol. The van der Waals surface area contributed by atoms with Gasteiger partial charge in [0.05, 0.1) is 18.6 Å². The second kappa shape index (κ2) is 6.99. The number of allylic oxidation sites excluding steroid dienone is 2. The Labute approximate surface area is 196 Å². The molecule has 2 aliphatic heterocycles. The first-order valence-electron chi connectivity index (χ1n) is 12.9. The van der Waals surface area contributed by atoms with Crippen LogP contribution in [0.15, 0.2) is 12.2 Å². The van der Waals surface area contributed by atoms with E-state index in [1.165, 1.54) is 6.42 Å². The lowest BCUT2D eigenvalue weighted by Crippen LogP contribution is -2.51. The summed E-state index contributed by atoms with van der Waals surface area (Å²) in [7, 11) is 0. The molecule has 182 valence electrons. The van der Waals surface area contributed by atoms with Crippen molar-refractivity contribution in [1.82, 2.24) is 0 Å². The van der Waals surface area contributed by atoms with Gasteiger partial charge >= 0.3 is 12.1 Å². The van der Waals surface area contributed by atoms with E-state index < -0.39 is 17.4 Å². The summed E-state index contributed by atoms with van der Waals surface area (Å²) >= 11 is 0. The standard InChI is InChI=1S/C27H38O6/c1-26(2,3)32-17(28)11-15-14-10-16(22(15)31-25(29)33-27(4,5)6)21-20(14)23-18-12-7-8-13(9-12)19(18)24(21)30-23/h7-8,12-16,18-24H,9-11H2,1-6H3. The molecule has 0 spiro atoms. The van der Waals surface area contributed by atoms with Crippen LogP contribution in [0, 0.1) is 53.3 Å². The molecule has 6 rings (SSSR count). The Balaban J connectivity index is 1.26. The highest BCUT2D eigenvalue weighted by Crippen LogP contribution is 2.72. The van der Waals surface area contributed by atoms with Crippen LogP contribution in [0.25, 0.3) is 0 Å². The van der Waals surface area contributed by atoms with E-state index in [9.17, 15) is 9.59 Å². The predicted molar refractivity (Wildman–Crippen MR) is 120 cm³/mol. The maximum absolute atomic E-state index is 12.9. The fourth-order valence-corrected chi connectivity index (χ4v) is 8.78. The molecule has 2 heterocycles. The van der Waals surface area contributed by atoms with E-state index in [4.69, 9.17) is 18.9 Å². The van der Waals surface area contributed by atoms with E-state index in [1.54, 1.807) is 0 Å². The zero-order valence-corrected chi connectivity index (χ0v) is 20.7. The molecule has 6 heteroatoms. The van der Waals surface area contributed by atoms with Crippen LogP contribution in [0.5, 0.6) is 0 Å². The number of fused-ring (bicyclic) bond motifs is 16. The van der Waals surface area contributed by atoms with Crippen LogP contribution >= 0.6 is 0 Å². The Morgan fingerprint density at radius 1 is 0.818 bits per heavy atom. The third kappa shape index (κ3) is 3.37. The van der Waals surface area contributed by atoms with Crippen LogP contribution in [-0.4, -0.2) is 41.6 Å². The molecule has 0 radical (unpaired) electrons. The Bertz CT molecular complexity index is 812. The normalized spacial score (nSPS) is 48.2. The van der Waals surface area contributed by atoms with Crippen molar-refractivity contribution in [2.45, 2.75) is 90.3 Å². The van der Waals surface area contributed by atoms with Crippen molar-refractivity contribution >= 4 is 12.1 Å². The molecule has 3 saturated carbocycles. The van der Waals surface area contributed by atoms with Crippen LogP contribution < -0.4 is 0 Å². The van der Waals surface area contributed by atoms with Gasteiger partial charge in [-0.25, -0.2) is 4.79 Å². The molecule has 33 heavy (non-hydrogen) atoms. The summed E-state index contributed by atoms with van der Waals surface area (Å²) in [5, 5.41) is 0. The summed E-state index contributed by atoms with van der Waals surface area (Å²) in [6, 6.07) is 0. The van der Waals surface area contributed by atoms with Gasteiger partial charge in [0.25, 0.3) is 0 Å². The van der Waals surface area contributed by atoms with Gasteiger partial charge in [-0.1, -0.05) is 12.2 Å². The van der Waals surface area contributed by atoms with E-state index >= 15 is 0 Å². The monoisotopic (exact) mass is 458 g/mol. The molecule has 5 fully saturated rings. The first kappa shape index (κ1) is 21.9. The van der Waals surface area contributed by atoms with Crippen molar-refractivity contribution < 1.29 is 28.5 Å². The lowest BCUT2D eigenvalue weighted by molar-refractivity contribution is -0.159. The smallest absolute Gasteiger partial charge is 0.460 e.